The molecule has 1 N–H and O–H groups in total. The molecule has 1 fully saturated rings. The number of amides is 1. The topological polar surface area (TPSA) is 45.2 Å². The number of pyridine rings is 1. The first-order chi connectivity index (χ1) is 9.47. The van der Waals surface area contributed by atoms with Gasteiger partial charge in [-0.1, -0.05) is 13.0 Å². The van der Waals surface area contributed by atoms with Gasteiger partial charge in [0.25, 0.3) is 5.91 Å². The van der Waals surface area contributed by atoms with E-state index in [2.05, 4.69) is 38.0 Å². The highest BCUT2D eigenvalue weighted by Crippen LogP contribution is 2.23. The molecule has 110 valence electrons. The molecule has 1 aromatic heterocycles. The molecule has 2 heterocycles. The first-order valence-electron chi connectivity index (χ1n) is 7.52. The Bertz CT molecular complexity index is 473. The van der Waals surface area contributed by atoms with E-state index in [4.69, 9.17) is 0 Å². The minimum Gasteiger partial charge on any atom is -0.368 e. The van der Waals surface area contributed by atoms with Crippen LogP contribution in [0.4, 0.5) is 5.82 Å². The third-order valence-electron chi connectivity index (χ3n) is 3.80. The lowest BCUT2D eigenvalue weighted by atomic mass is 9.93. The molecule has 4 nitrogen and oxygen atoms in total. The van der Waals surface area contributed by atoms with E-state index in [-0.39, 0.29) is 5.91 Å². The van der Waals surface area contributed by atoms with Crippen LogP contribution in [0, 0.1) is 5.92 Å². The normalized spacial score (nSPS) is 22.9. The minimum atomic E-state index is 0.0526. The largest absolute Gasteiger partial charge is 0.368 e. The van der Waals surface area contributed by atoms with Gasteiger partial charge >= 0.3 is 0 Å². The quantitative estimate of drug-likeness (QED) is 0.921. The molecule has 1 amide bonds. The highest BCUT2D eigenvalue weighted by molar-refractivity contribution is 5.93. The summed E-state index contributed by atoms with van der Waals surface area (Å²) in [4.78, 5) is 19.0. The molecule has 0 saturated carbocycles. The van der Waals surface area contributed by atoms with Crippen LogP contribution in [0.5, 0.6) is 0 Å². The summed E-state index contributed by atoms with van der Waals surface area (Å²) in [7, 11) is 0. The Hall–Kier alpha value is -1.58. The minimum absolute atomic E-state index is 0.0526. The Balaban J connectivity index is 2.12. The second-order valence-corrected chi connectivity index (χ2v) is 6.18. The van der Waals surface area contributed by atoms with Gasteiger partial charge in [-0.05, 0) is 51.7 Å². The van der Waals surface area contributed by atoms with Crippen molar-refractivity contribution in [3.63, 3.8) is 0 Å². The molecular formula is C16H25N3O. The summed E-state index contributed by atoms with van der Waals surface area (Å²) in [5, 5.41) is 3.24. The number of hydrogen-bond donors (Lipinski definition) is 1. The zero-order valence-corrected chi connectivity index (χ0v) is 12.9. The van der Waals surface area contributed by atoms with E-state index in [1.807, 2.05) is 17.0 Å². The van der Waals surface area contributed by atoms with Crippen molar-refractivity contribution in [2.24, 2.45) is 5.92 Å². The van der Waals surface area contributed by atoms with Gasteiger partial charge in [0.2, 0.25) is 0 Å². The number of nitrogens with one attached hydrogen (secondary N) is 1. The number of nitrogens with zero attached hydrogens (tertiary/aromatic N) is 2. The van der Waals surface area contributed by atoms with Crippen LogP contribution in [0.2, 0.25) is 0 Å². The molecule has 0 aliphatic carbocycles. The van der Waals surface area contributed by atoms with Gasteiger partial charge in [-0.3, -0.25) is 4.79 Å². The van der Waals surface area contributed by atoms with Crippen molar-refractivity contribution in [1.82, 2.24) is 9.88 Å². The molecule has 2 rings (SSSR count). The third kappa shape index (κ3) is 3.50. The molecule has 1 aliphatic heterocycles. The number of anilines is 1. The Morgan fingerprint density at radius 1 is 1.40 bits per heavy atom. The zero-order chi connectivity index (χ0) is 14.7. The van der Waals surface area contributed by atoms with Gasteiger partial charge in [-0.15, -0.1) is 0 Å². The predicted molar refractivity (Wildman–Crippen MR) is 81.9 cm³/mol. The van der Waals surface area contributed by atoms with Crippen molar-refractivity contribution in [2.45, 2.75) is 52.6 Å². The van der Waals surface area contributed by atoms with Crippen LogP contribution in [0.1, 0.15) is 51.0 Å². The molecule has 0 spiro atoms. The summed E-state index contributed by atoms with van der Waals surface area (Å²) in [6, 6.07) is 6.21. The fourth-order valence-electron chi connectivity index (χ4n) is 2.79. The molecular weight excluding hydrogens is 250 g/mol. The molecule has 0 aromatic carbocycles. The summed E-state index contributed by atoms with van der Waals surface area (Å²) in [5.41, 5.74) is 0.539. The molecule has 1 aliphatic rings. The number of carbonyl (C=O) groups is 1. The number of likely N-dealkylation sites (tertiary alicyclic amines) is 1. The number of rotatable bonds is 3. The van der Waals surface area contributed by atoms with Crippen molar-refractivity contribution in [3.05, 3.63) is 23.9 Å². The van der Waals surface area contributed by atoms with E-state index < -0.39 is 0 Å². The fraction of sp³-hybridized carbons (Fsp3) is 0.625. The van der Waals surface area contributed by atoms with Gasteiger partial charge in [0.15, 0.2) is 0 Å². The Morgan fingerprint density at radius 3 is 2.80 bits per heavy atom. The molecule has 4 heteroatoms. The Kier molecular flexibility index (Phi) is 4.63. The Morgan fingerprint density at radius 2 is 2.15 bits per heavy atom. The number of hydrogen-bond acceptors (Lipinski definition) is 3. The molecule has 20 heavy (non-hydrogen) atoms. The summed E-state index contributed by atoms with van der Waals surface area (Å²) in [6.45, 7) is 9.34. The summed E-state index contributed by atoms with van der Waals surface area (Å²) in [6.07, 6.45) is 2.16. The van der Waals surface area contributed by atoms with Crippen LogP contribution in [-0.4, -0.2) is 34.4 Å². The van der Waals surface area contributed by atoms with E-state index in [1.165, 1.54) is 0 Å². The van der Waals surface area contributed by atoms with E-state index in [0.29, 0.717) is 23.7 Å². The van der Waals surface area contributed by atoms with E-state index in [1.54, 1.807) is 6.07 Å². The molecule has 2 atom stereocenters. The standard InChI is InChI=1S/C16H25N3O/c1-11(2)17-15-7-5-6-14(18-15)16(20)19-9-8-12(3)10-13(19)4/h5-7,11-13H,8-10H2,1-4H3,(H,17,18). The van der Waals surface area contributed by atoms with Crippen LogP contribution in [0.3, 0.4) is 0 Å². The van der Waals surface area contributed by atoms with E-state index in [0.717, 1.165) is 25.2 Å². The first kappa shape index (κ1) is 14.8. The lowest BCUT2D eigenvalue weighted by Gasteiger charge is -2.36. The average Bonchev–Trinajstić information content (AvgIpc) is 2.37. The number of aromatic nitrogens is 1. The van der Waals surface area contributed by atoms with Gasteiger partial charge < -0.3 is 10.2 Å². The summed E-state index contributed by atoms with van der Waals surface area (Å²) < 4.78 is 0. The maximum atomic E-state index is 12.6. The summed E-state index contributed by atoms with van der Waals surface area (Å²) >= 11 is 0. The van der Waals surface area contributed by atoms with Crippen molar-refractivity contribution >= 4 is 11.7 Å². The average molecular weight is 275 g/mol. The third-order valence-corrected chi connectivity index (χ3v) is 3.80. The fourth-order valence-corrected chi connectivity index (χ4v) is 2.79. The van der Waals surface area contributed by atoms with Crippen molar-refractivity contribution in [3.8, 4) is 0 Å². The molecule has 0 radical (unpaired) electrons. The Labute approximate surface area is 121 Å². The monoisotopic (exact) mass is 275 g/mol. The molecule has 1 aromatic rings. The van der Waals surface area contributed by atoms with E-state index in [9.17, 15) is 4.79 Å². The van der Waals surface area contributed by atoms with Crippen molar-refractivity contribution in [2.75, 3.05) is 11.9 Å². The van der Waals surface area contributed by atoms with Gasteiger partial charge in [0, 0.05) is 18.6 Å². The second-order valence-electron chi connectivity index (χ2n) is 6.18. The zero-order valence-electron chi connectivity index (χ0n) is 12.9. The van der Waals surface area contributed by atoms with Crippen LogP contribution in [0.15, 0.2) is 18.2 Å². The summed E-state index contributed by atoms with van der Waals surface area (Å²) in [5.74, 6) is 1.52. The molecule has 1 saturated heterocycles. The second kappa shape index (κ2) is 6.25. The lowest BCUT2D eigenvalue weighted by molar-refractivity contribution is 0.0582. The van der Waals surface area contributed by atoms with Crippen LogP contribution in [0.25, 0.3) is 0 Å². The number of carbonyl (C=O) groups excluding carboxylic acids is 1. The molecule has 2 unspecified atom stereocenters. The van der Waals surface area contributed by atoms with Crippen LogP contribution < -0.4 is 5.32 Å². The van der Waals surface area contributed by atoms with Crippen LogP contribution in [-0.2, 0) is 0 Å². The highest BCUT2D eigenvalue weighted by Gasteiger charge is 2.28. The van der Waals surface area contributed by atoms with Gasteiger partial charge in [0.1, 0.15) is 11.5 Å². The van der Waals surface area contributed by atoms with Crippen molar-refractivity contribution < 1.29 is 4.79 Å². The lowest BCUT2D eigenvalue weighted by Crippen LogP contribution is -2.44. The highest BCUT2D eigenvalue weighted by atomic mass is 16.2. The maximum absolute atomic E-state index is 12.6. The van der Waals surface area contributed by atoms with Gasteiger partial charge in [-0.25, -0.2) is 4.98 Å². The van der Waals surface area contributed by atoms with Gasteiger partial charge in [-0.2, -0.15) is 0 Å². The van der Waals surface area contributed by atoms with Crippen LogP contribution >= 0.6 is 0 Å². The SMILES string of the molecule is CC1CCN(C(=O)c2cccc(NC(C)C)n2)C(C)C1. The van der Waals surface area contributed by atoms with Crippen molar-refractivity contribution in [1.29, 1.82) is 0 Å². The van der Waals surface area contributed by atoms with Gasteiger partial charge in [0.05, 0.1) is 0 Å². The van der Waals surface area contributed by atoms with E-state index >= 15 is 0 Å². The predicted octanol–water partition coefficient (Wildman–Crippen LogP) is 3.16. The molecule has 0 bridgehead atoms. The maximum Gasteiger partial charge on any atom is 0.272 e. The number of piperidine rings is 1. The smallest absolute Gasteiger partial charge is 0.272 e. The first-order valence-corrected chi connectivity index (χ1v) is 7.52.